The molecule has 0 heterocycles. The Morgan fingerprint density at radius 1 is 1.20 bits per heavy atom. The molecular formula is C12H13F2N. The number of nitrogens with two attached hydrogens (primary N) is 1. The van der Waals surface area contributed by atoms with Crippen LogP contribution in [0.4, 0.5) is 8.78 Å². The predicted octanol–water partition coefficient (Wildman–Crippen LogP) is 3.07. The maximum atomic E-state index is 13.0. The Labute approximate surface area is 87.6 Å². The SMILES string of the molecule is NC(C1=CCCC1)c1ccc(F)c(F)c1. The van der Waals surface area contributed by atoms with E-state index in [1.807, 2.05) is 0 Å². The van der Waals surface area contributed by atoms with Crippen LogP contribution in [0.5, 0.6) is 0 Å². The van der Waals surface area contributed by atoms with E-state index in [1.165, 1.54) is 6.07 Å². The van der Waals surface area contributed by atoms with Gasteiger partial charge in [0.15, 0.2) is 11.6 Å². The smallest absolute Gasteiger partial charge is 0.159 e. The van der Waals surface area contributed by atoms with Crippen molar-refractivity contribution in [1.82, 2.24) is 0 Å². The Balaban J connectivity index is 2.25. The number of benzene rings is 1. The molecule has 1 atom stereocenters. The van der Waals surface area contributed by atoms with Crippen LogP contribution in [-0.2, 0) is 0 Å². The second kappa shape index (κ2) is 4.11. The van der Waals surface area contributed by atoms with Gasteiger partial charge in [-0.15, -0.1) is 0 Å². The van der Waals surface area contributed by atoms with Crippen molar-refractivity contribution < 1.29 is 8.78 Å². The fourth-order valence-electron chi connectivity index (χ4n) is 1.90. The van der Waals surface area contributed by atoms with Gasteiger partial charge in [-0.05, 0) is 37.0 Å². The molecule has 0 saturated carbocycles. The largest absolute Gasteiger partial charge is 0.321 e. The molecule has 1 aromatic carbocycles. The summed E-state index contributed by atoms with van der Waals surface area (Å²) >= 11 is 0. The second-order valence-corrected chi connectivity index (χ2v) is 3.82. The molecule has 1 nitrogen and oxygen atoms in total. The van der Waals surface area contributed by atoms with E-state index in [2.05, 4.69) is 6.08 Å². The van der Waals surface area contributed by atoms with Gasteiger partial charge in [0.2, 0.25) is 0 Å². The van der Waals surface area contributed by atoms with Gasteiger partial charge < -0.3 is 5.73 Å². The van der Waals surface area contributed by atoms with Crippen LogP contribution < -0.4 is 5.73 Å². The lowest BCUT2D eigenvalue weighted by atomic mass is 9.99. The summed E-state index contributed by atoms with van der Waals surface area (Å²) < 4.78 is 25.7. The van der Waals surface area contributed by atoms with Crippen molar-refractivity contribution in [3.63, 3.8) is 0 Å². The first-order valence-electron chi connectivity index (χ1n) is 5.08. The van der Waals surface area contributed by atoms with Crippen molar-refractivity contribution in [2.24, 2.45) is 5.73 Å². The van der Waals surface area contributed by atoms with Crippen molar-refractivity contribution in [3.05, 3.63) is 47.0 Å². The summed E-state index contributed by atoms with van der Waals surface area (Å²) in [6.07, 6.45) is 5.19. The molecule has 2 N–H and O–H groups in total. The van der Waals surface area contributed by atoms with Crippen LogP contribution in [0.3, 0.4) is 0 Å². The number of hydrogen-bond acceptors (Lipinski definition) is 1. The van der Waals surface area contributed by atoms with Crippen LogP contribution >= 0.6 is 0 Å². The molecule has 2 rings (SSSR count). The molecule has 80 valence electrons. The van der Waals surface area contributed by atoms with E-state index in [4.69, 9.17) is 5.73 Å². The molecule has 0 fully saturated rings. The molecule has 1 aromatic rings. The van der Waals surface area contributed by atoms with Crippen molar-refractivity contribution in [2.75, 3.05) is 0 Å². The van der Waals surface area contributed by atoms with Gasteiger partial charge in [0.05, 0.1) is 6.04 Å². The Bertz CT molecular complexity index is 399. The fraction of sp³-hybridized carbons (Fsp3) is 0.333. The minimum atomic E-state index is -0.832. The van der Waals surface area contributed by atoms with Gasteiger partial charge in [0.1, 0.15) is 0 Å². The lowest BCUT2D eigenvalue weighted by Gasteiger charge is -2.13. The number of hydrogen-bond donors (Lipinski definition) is 1. The number of halogens is 2. The summed E-state index contributed by atoms with van der Waals surface area (Å²) in [5, 5.41) is 0. The molecule has 0 aliphatic heterocycles. The topological polar surface area (TPSA) is 26.0 Å². The Hall–Kier alpha value is -1.22. The molecule has 3 heteroatoms. The molecule has 1 aliphatic rings. The van der Waals surface area contributed by atoms with Gasteiger partial charge in [0, 0.05) is 0 Å². The standard InChI is InChI=1S/C12H13F2N/c13-10-6-5-9(7-11(10)14)12(15)8-3-1-2-4-8/h3,5-7,12H,1-2,4,15H2. The summed E-state index contributed by atoms with van der Waals surface area (Å²) in [5.74, 6) is -1.66. The molecule has 0 spiro atoms. The zero-order valence-corrected chi connectivity index (χ0v) is 8.34. The first-order valence-corrected chi connectivity index (χ1v) is 5.08. The van der Waals surface area contributed by atoms with E-state index in [-0.39, 0.29) is 6.04 Å². The maximum absolute atomic E-state index is 13.0. The van der Waals surface area contributed by atoms with Crippen LogP contribution in [0.1, 0.15) is 30.9 Å². The minimum absolute atomic E-state index is 0.289. The highest BCUT2D eigenvalue weighted by molar-refractivity contribution is 5.29. The quantitative estimate of drug-likeness (QED) is 0.744. The molecule has 1 aliphatic carbocycles. The van der Waals surface area contributed by atoms with Crippen molar-refractivity contribution >= 4 is 0 Å². The van der Waals surface area contributed by atoms with E-state index in [0.717, 1.165) is 30.9 Å². The summed E-state index contributed by atoms with van der Waals surface area (Å²) in [4.78, 5) is 0. The zero-order valence-electron chi connectivity index (χ0n) is 8.34. The Morgan fingerprint density at radius 3 is 2.60 bits per heavy atom. The third kappa shape index (κ3) is 2.07. The molecular weight excluding hydrogens is 196 g/mol. The number of allylic oxidation sites excluding steroid dienone is 1. The van der Waals surface area contributed by atoms with Crippen LogP contribution in [0.15, 0.2) is 29.8 Å². The molecule has 1 unspecified atom stereocenters. The minimum Gasteiger partial charge on any atom is -0.321 e. The van der Waals surface area contributed by atoms with Gasteiger partial charge in [-0.2, -0.15) is 0 Å². The number of rotatable bonds is 2. The monoisotopic (exact) mass is 209 g/mol. The Morgan fingerprint density at radius 2 is 2.00 bits per heavy atom. The average Bonchev–Trinajstić information content (AvgIpc) is 2.74. The molecule has 0 saturated heterocycles. The summed E-state index contributed by atoms with van der Waals surface area (Å²) in [5.41, 5.74) is 7.73. The third-order valence-electron chi connectivity index (χ3n) is 2.78. The average molecular weight is 209 g/mol. The molecule has 0 radical (unpaired) electrons. The highest BCUT2D eigenvalue weighted by Crippen LogP contribution is 2.29. The highest BCUT2D eigenvalue weighted by atomic mass is 19.2. The molecule has 0 amide bonds. The van der Waals surface area contributed by atoms with Crippen molar-refractivity contribution in [1.29, 1.82) is 0 Å². The maximum Gasteiger partial charge on any atom is 0.159 e. The van der Waals surface area contributed by atoms with Gasteiger partial charge in [-0.25, -0.2) is 8.78 Å². The van der Waals surface area contributed by atoms with Crippen LogP contribution in [0, 0.1) is 11.6 Å². The molecule has 0 bridgehead atoms. The lowest BCUT2D eigenvalue weighted by Crippen LogP contribution is -2.12. The Kier molecular flexibility index (Phi) is 2.82. The van der Waals surface area contributed by atoms with E-state index < -0.39 is 11.6 Å². The normalized spacial score (nSPS) is 17.7. The zero-order chi connectivity index (χ0) is 10.8. The first-order chi connectivity index (χ1) is 7.18. The van der Waals surface area contributed by atoms with Crippen LogP contribution in [0.25, 0.3) is 0 Å². The molecule has 0 aromatic heterocycles. The molecule has 15 heavy (non-hydrogen) atoms. The van der Waals surface area contributed by atoms with E-state index in [1.54, 1.807) is 6.07 Å². The van der Waals surface area contributed by atoms with Crippen LogP contribution in [-0.4, -0.2) is 0 Å². The summed E-state index contributed by atoms with van der Waals surface area (Å²) in [7, 11) is 0. The van der Waals surface area contributed by atoms with E-state index >= 15 is 0 Å². The fourth-order valence-corrected chi connectivity index (χ4v) is 1.90. The summed E-state index contributed by atoms with van der Waals surface area (Å²) in [6, 6.07) is 3.56. The van der Waals surface area contributed by atoms with Crippen molar-refractivity contribution in [2.45, 2.75) is 25.3 Å². The van der Waals surface area contributed by atoms with Gasteiger partial charge in [0.25, 0.3) is 0 Å². The van der Waals surface area contributed by atoms with Crippen LogP contribution in [0.2, 0.25) is 0 Å². The second-order valence-electron chi connectivity index (χ2n) is 3.82. The summed E-state index contributed by atoms with van der Waals surface area (Å²) in [6.45, 7) is 0. The lowest BCUT2D eigenvalue weighted by molar-refractivity contribution is 0.506. The predicted molar refractivity (Wildman–Crippen MR) is 55.2 cm³/mol. The first kappa shape index (κ1) is 10.3. The van der Waals surface area contributed by atoms with Gasteiger partial charge >= 0.3 is 0 Å². The van der Waals surface area contributed by atoms with Gasteiger partial charge in [-0.3, -0.25) is 0 Å². The van der Waals surface area contributed by atoms with Crippen molar-refractivity contribution in [3.8, 4) is 0 Å². The van der Waals surface area contributed by atoms with Gasteiger partial charge in [-0.1, -0.05) is 17.7 Å². The van der Waals surface area contributed by atoms with E-state index in [9.17, 15) is 8.78 Å². The third-order valence-corrected chi connectivity index (χ3v) is 2.78. The van der Waals surface area contributed by atoms with E-state index in [0.29, 0.717) is 5.56 Å². The highest BCUT2D eigenvalue weighted by Gasteiger charge is 2.16.